The van der Waals surface area contributed by atoms with Crippen LogP contribution in [0.4, 0.5) is 0 Å². The van der Waals surface area contributed by atoms with Gasteiger partial charge in [0, 0.05) is 57.2 Å². The molecule has 2 aromatic heterocycles. The molecule has 0 spiro atoms. The van der Waals surface area contributed by atoms with Gasteiger partial charge in [-0.15, -0.1) is 0 Å². The van der Waals surface area contributed by atoms with Crippen LogP contribution in [0.1, 0.15) is 62.3 Å². The van der Waals surface area contributed by atoms with Gasteiger partial charge in [0.15, 0.2) is 0 Å². The van der Waals surface area contributed by atoms with E-state index in [9.17, 15) is 0 Å². The lowest BCUT2D eigenvalue weighted by Gasteiger charge is -2.01. The molecule has 0 atom stereocenters. The molecule has 0 radical (unpaired) electrons. The van der Waals surface area contributed by atoms with Crippen molar-refractivity contribution in [3.63, 3.8) is 0 Å². The highest BCUT2D eigenvalue weighted by molar-refractivity contribution is 6.08. The number of hydrogen-bond acceptors (Lipinski definition) is 0. The van der Waals surface area contributed by atoms with E-state index in [1.54, 1.807) is 0 Å². The molecule has 0 aliphatic heterocycles. The highest BCUT2D eigenvalue weighted by Gasteiger charge is 2.07. The third-order valence-corrected chi connectivity index (χ3v) is 5.82. The van der Waals surface area contributed by atoms with Crippen molar-refractivity contribution in [2.24, 2.45) is 7.05 Å². The smallest absolute Gasteiger partial charge is 0.0491 e. The Bertz CT molecular complexity index is 1340. The van der Waals surface area contributed by atoms with Crippen LogP contribution >= 0.6 is 0 Å². The van der Waals surface area contributed by atoms with Crippen LogP contribution < -0.4 is 0 Å². The van der Waals surface area contributed by atoms with Gasteiger partial charge < -0.3 is 9.13 Å². The van der Waals surface area contributed by atoms with Crippen LogP contribution in [-0.2, 0) is 13.6 Å². The zero-order valence-electron chi connectivity index (χ0n) is 24.8. The molecular formula is C35H48N2. The molecule has 0 saturated heterocycles. The summed E-state index contributed by atoms with van der Waals surface area (Å²) in [4.78, 5) is 0. The molecule has 4 aromatic carbocycles. The Balaban J connectivity index is 0.000000293. The molecular weight excluding hydrogens is 448 g/mol. The third kappa shape index (κ3) is 6.83. The number of hydrogen-bond donors (Lipinski definition) is 0. The van der Waals surface area contributed by atoms with E-state index >= 15 is 0 Å². The molecule has 37 heavy (non-hydrogen) atoms. The van der Waals surface area contributed by atoms with Crippen LogP contribution in [0.15, 0.2) is 97.1 Å². The predicted molar refractivity (Wildman–Crippen MR) is 171 cm³/mol. The first-order chi connectivity index (χ1) is 18.3. The topological polar surface area (TPSA) is 9.86 Å². The van der Waals surface area contributed by atoms with E-state index in [-0.39, 0.29) is 0 Å². The van der Waals surface area contributed by atoms with Gasteiger partial charge in [-0.25, -0.2) is 0 Å². The minimum Gasteiger partial charge on any atom is -0.344 e. The first-order valence-corrected chi connectivity index (χ1v) is 14.2. The molecule has 0 aliphatic carbocycles. The third-order valence-electron chi connectivity index (χ3n) is 5.82. The van der Waals surface area contributed by atoms with Crippen molar-refractivity contribution in [1.29, 1.82) is 0 Å². The maximum Gasteiger partial charge on any atom is 0.0491 e. The lowest BCUT2D eigenvalue weighted by molar-refractivity contribution is 0.827. The summed E-state index contributed by atoms with van der Waals surface area (Å²) in [6.07, 6.45) is 0. The highest BCUT2D eigenvalue weighted by Crippen LogP contribution is 2.28. The molecule has 0 unspecified atom stereocenters. The molecule has 0 amide bonds. The van der Waals surface area contributed by atoms with Gasteiger partial charge >= 0.3 is 0 Å². The summed E-state index contributed by atoms with van der Waals surface area (Å²) in [5, 5.41) is 5.39. The lowest BCUT2D eigenvalue weighted by Crippen LogP contribution is -1.91. The summed E-state index contributed by atoms with van der Waals surface area (Å²) >= 11 is 0. The largest absolute Gasteiger partial charge is 0.344 e. The molecule has 2 nitrogen and oxygen atoms in total. The summed E-state index contributed by atoms with van der Waals surface area (Å²) in [6, 6.07) is 34.2. The molecule has 0 saturated carbocycles. The SMILES string of the molecule is CC.CC.CC.CC.CCn1c2ccccc2c2ccccc21.Cn1c2ccccc2c2ccccc21. The Morgan fingerprint density at radius 1 is 0.405 bits per heavy atom. The highest BCUT2D eigenvalue weighted by atomic mass is 15.0. The molecule has 2 heteroatoms. The Morgan fingerprint density at radius 2 is 0.649 bits per heavy atom. The Labute approximate surface area is 225 Å². The van der Waals surface area contributed by atoms with Gasteiger partial charge in [-0.2, -0.15) is 0 Å². The average Bonchev–Trinajstić information content (AvgIpc) is 3.50. The van der Waals surface area contributed by atoms with Crippen LogP contribution in [0, 0.1) is 0 Å². The molecule has 198 valence electrons. The molecule has 6 aromatic rings. The number of aryl methyl sites for hydroxylation is 2. The number of aromatic nitrogens is 2. The second kappa shape index (κ2) is 17.0. The van der Waals surface area contributed by atoms with E-state index in [0.29, 0.717) is 0 Å². The summed E-state index contributed by atoms with van der Waals surface area (Å²) in [6.45, 7) is 19.2. The quantitative estimate of drug-likeness (QED) is 0.214. The van der Waals surface area contributed by atoms with Crippen LogP contribution in [0.3, 0.4) is 0 Å². The Kier molecular flexibility index (Phi) is 14.5. The molecule has 0 fully saturated rings. The minimum atomic E-state index is 1.02. The van der Waals surface area contributed by atoms with Crippen molar-refractivity contribution in [2.75, 3.05) is 0 Å². The van der Waals surface area contributed by atoms with E-state index in [1.165, 1.54) is 43.6 Å². The first-order valence-electron chi connectivity index (χ1n) is 14.2. The summed E-state index contributed by atoms with van der Waals surface area (Å²) < 4.78 is 4.61. The van der Waals surface area contributed by atoms with E-state index in [4.69, 9.17) is 0 Å². The molecule has 6 rings (SSSR count). The van der Waals surface area contributed by atoms with Gasteiger partial charge in [0.1, 0.15) is 0 Å². The van der Waals surface area contributed by atoms with Gasteiger partial charge in [0.05, 0.1) is 0 Å². The van der Waals surface area contributed by atoms with E-state index in [1.807, 2.05) is 55.4 Å². The summed E-state index contributed by atoms with van der Waals surface area (Å²) in [5.74, 6) is 0. The normalized spacial score (nSPS) is 9.46. The van der Waals surface area contributed by atoms with Crippen molar-refractivity contribution in [3.05, 3.63) is 97.1 Å². The number of benzene rings is 4. The lowest BCUT2D eigenvalue weighted by atomic mass is 10.2. The second-order valence-electron chi connectivity index (χ2n) is 7.37. The van der Waals surface area contributed by atoms with Crippen molar-refractivity contribution < 1.29 is 0 Å². The zero-order valence-corrected chi connectivity index (χ0v) is 24.8. The number of rotatable bonds is 1. The standard InChI is InChI=1S/C14H13N.C13H11N.4C2H6/c1-2-15-13-9-5-3-7-11(13)12-8-4-6-10-14(12)15;1-14-12-8-4-2-6-10(12)11-7-3-5-9-13(11)14;4*1-2/h3-10H,2H2,1H3;2-9H,1H3;4*1-2H3. The van der Waals surface area contributed by atoms with Crippen molar-refractivity contribution in [2.45, 2.75) is 68.9 Å². The van der Waals surface area contributed by atoms with Gasteiger partial charge in [-0.1, -0.05) is 128 Å². The monoisotopic (exact) mass is 496 g/mol. The fourth-order valence-corrected chi connectivity index (χ4v) is 4.46. The molecule has 0 aliphatic rings. The number of nitrogens with zero attached hydrogens (tertiary/aromatic N) is 2. The van der Waals surface area contributed by atoms with Crippen molar-refractivity contribution in [1.82, 2.24) is 9.13 Å². The van der Waals surface area contributed by atoms with E-state index < -0.39 is 0 Å². The van der Waals surface area contributed by atoms with Crippen molar-refractivity contribution in [3.8, 4) is 0 Å². The molecule has 0 N–H and O–H groups in total. The van der Waals surface area contributed by atoms with Gasteiger partial charge in [0.25, 0.3) is 0 Å². The van der Waals surface area contributed by atoms with Crippen molar-refractivity contribution >= 4 is 43.6 Å². The first kappa shape index (κ1) is 31.5. The molecule has 0 bridgehead atoms. The zero-order chi connectivity index (χ0) is 27.8. The van der Waals surface area contributed by atoms with Crippen LogP contribution in [-0.4, -0.2) is 9.13 Å². The second-order valence-corrected chi connectivity index (χ2v) is 7.37. The number of fused-ring (bicyclic) bond motifs is 6. The van der Waals surface area contributed by atoms with Crippen LogP contribution in [0.25, 0.3) is 43.6 Å². The minimum absolute atomic E-state index is 1.02. The fourth-order valence-electron chi connectivity index (χ4n) is 4.46. The Hall–Kier alpha value is -3.52. The molecule has 2 heterocycles. The van der Waals surface area contributed by atoms with Gasteiger partial charge in [-0.05, 0) is 31.2 Å². The van der Waals surface area contributed by atoms with Crippen LogP contribution in [0.5, 0.6) is 0 Å². The van der Waals surface area contributed by atoms with E-state index in [0.717, 1.165) is 6.54 Å². The van der Waals surface area contributed by atoms with Gasteiger partial charge in [0.2, 0.25) is 0 Å². The summed E-state index contributed by atoms with van der Waals surface area (Å²) in [5.41, 5.74) is 5.27. The van der Waals surface area contributed by atoms with E-state index in [2.05, 4.69) is 120 Å². The fraction of sp³-hybridized carbons (Fsp3) is 0.314. The van der Waals surface area contributed by atoms with Gasteiger partial charge in [-0.3, -0.25) is 0 Å². The number of para-hydroxylation sites is 4. The maximum atomic E-state index is 2.37. The average molecular weight is 497 g/mol. The maximum absolute atomic E-state index is 2.37. The van der Waals surface area contributed by atoms with Crippen LogP contribution in [0.2, 0.25) is 0 Å². The predicted octanol–water partition coefficient (Wildman–Crippen LogP) is 11.3. The summed E-state index contributed by atoms with van der Waals surface area (Å²) in [7, 11) is 2.12. The Morgan fingerprint density at radius 3 is 0.946 bits per heavy atom.